The third-order valence-electron chi connectivity index (χ3n) is 5.01. The Balaban J connectivity index is 1.98. The van der Waals surface area contributed by atoms with Gasteiger partial charge in [0.1, 0.15) is 0 Å². The first-order chi connectivity index (χ1) is 12.9. The average Bonchev–Trinajstić information content (AvgIpc) is 2.68. The van der Waals surface area contributed by atoms with Crippen molar-refractivity contribution >= 4 is 29.3 Å². The third-order valence-corrected chi connectivity index (χ3v) is 5.27. The van der Waals surface area contributed by atoms with E-state index in [9.17, 15) is 14.4 Å². The van der Waals surface area contributed by atoms with Gasteiger partial charge in [-0.15, -0.1) is 0 Å². The van der Waals surface area contributed by atoms with Gasteiger partial charge in [0.05, 0.1) is 12.5 Å². The number of rotatable bonds is 6. The van der Waals surface area contributed by atoms with Crippen molar-refractivity contribution in [1.82, 2.24) is 14.7 Å². The number of carbonyl (C=O) groups is 3. The summed E-state index contributed by atoms with van der Waals surface area (Å²) in [6.07, 6.45) is 1.50. The molecule has 0 bridgehead atoms. The Hall–Kier alpha value is -2.08. The Kier molecular flexibility index (Phi) is 7.66. The van der Waals surface area contributed by atoms with Crippen LogP contribution < -0.4 is 0 Å². The molecule has 0 spiro atoms. The van der Waals surface area contributed by atoms with Crippen LogP contribution in [0.4, 0.5) is 0 Å². The summed E-state index contributed by atoms with van der Waals surface area (Å²) in [4.78, 5) is 42.6. The molecule has 148 valence electrons. The summed E-state index contributed by atoms with van der Waals surface area (Å²) in [5, 5.41) is 0.581. The lowest BCUT2D eigenvalue weighted by Crippen LogP contribution is -2.48. The number of hydrogen-bond acceptors (Lipinski definition) is 3. The predicted octanol–water partition coefficient (Wildman–Crippen LogP) is 2.52. The van der Waals surface area contributed by atoms with Crippen LogP contribution in [-0.2, 0) is 9.59 Å². The molecule has 1 saturated heterocycles. The maximum absolute atomic E-state index is 12.8. The van der Waals surface area contributed by atoms with Gasteiger partial charge in [-0.1, -0.05) is 11.6 Å². The fourth-order valence-corrected chi connectivity index (χ4v) is 3.53. The molecule has 2 rings (SSSR count). The Morgan fingerprint density at radius 3 is 2.37 bits per heavy atom. The van der Waals surface area contributed by atoms with Crippen LogP contribution in [0.3, 0.4) is 0 Å². The number of halogens is 1. The highest BCUT2D eigenvalue weighted by molar-refractivity contribution is 6.30. The standard InChI is InChI=1S/C20H28ClN3O3/c1-4-23(5-2)18(25)14-22(3)19(26)16-7-6-12-24(13-16)20(27)15-8-10-17(21)11-9-15/h8-11,16H,4-7,12-14H2,1-3H3. The van der Waals surface area contributed by atoms with Crippen LogP contribution in [0, 0.1) is 5.92 Å². The molecular weight excluding hydrogens is 366 g/mol. The summed E-state index contributed by atoms with van der Waals surface area (Å²) in [7, 11) is 1.66. The van der Waals surface area contributed by atoms with Crippen LogP contribution in [-0.4, -0.2) is 72.2 Å². The summed E-state index contributed by atoms with van der Waals surface area (Å²) < 4.78 is 0. The molecule has 1 atom stereocenters. The minimum absolute atomic E-state index is 0.0549. The van der Waals surface area contributed by atoms with Crippen molar-refractivity contribution in [2.75, 3.05) is 39.8 Å². The average molecular weight is 394 g/mol. The molecule has 0 aliphatic carbocycles. The monoisotopic (exact) mass is 393 g/mol. The Labute approximate surface area is 166 Å². The zero-order valence-corrected chi connectivity index (χ0v) is 17.0. The molecule has 1 aromatic rings. The van der Waals surface area contributed by atoms with Crippen molar-refractivity contribution in [2.24, 2.45) is 5.92 Å². The van der Waals surface area contributed by atoms with E-state index in [2.05, 4.69) is 0 Å². The Morgan fingerprint density at radius 2 is 1.78 bits per heavy atom. The molecule has 3 amide bonds. The lowest BCUT2D eigenvalue weighted by Gasteiger charge is -2.34. The number of carbonyl (C=O) groups excluding carboxylic acids is 3. The first-order valence-electron chi connectivity index (χ1n) is 9.44. The first-order valence-corrected chi connectivity index (χ1v) is 9.82. The maximum atomic E-state index is 12.8. The molecule has 1 aliphatic heterocycles. The summed E-state index contributed by atoms with van der Waals surface area (Å²) >= 11 is 5.88. The molecule has 0 N–H and O–H groups in total. The molecule has 0 aromatic heterocycles. The lowest BCUT2D eigenvalue weighted by atomic mass is 9.96. The number of likely N-dealkylation sites (N-methyl/N-ethyl adjacent to an activating group) is 2. The van der Waals surface area contributed by atoms with Crippen molar-refractivity contribution < 1.29 is 14.4 Å². The van der Waals surface area contributed by atoms with E-state index < -0.39 is 0 Å². The molecular formula is C20H28ClN3O3. The highest BCUT2D eigenvalue weighted by Crippen LogP contribution is 2.21. The molecule has 6 nitrogen and oxygen atoms in total. The van der Waals surface area contributed by atoms with Gasteiger partial charge in [0.2, 0.25) is 11.8 Å². The SMILES string of the molecule is CCN(CC)C(=O)CN(C)C(=O)C1CCCN(C(=O)c2ccc(Cl)cc2)C1. The van der Waals surface area contributed by atoms with E-state index in [0.29, 0.717) is 36.8 Å². The molecule has 1 aliphatic rings. The summed E-state index contributed by atoms with van der Waals surface area (Å²) in [5.74, 6) is -0.500. The van der Waals surface area contributed by atoms with Crippen LogP contribution in [0.15, 0.2) is 24.3 Å². The molecule has 1 aromatic carbocycles. The van der Waals surface area contributed by atoms with E-state index in [-0.39, 0.29) is 30.2 Å². The van der Waals surface area contributed by atoms with E-state index >= 15 is 0 Å². The van der Waals surface area contributed by atoms with E-state index in [1.165, 1.54) is 4.90 Å². The molecule has 0 radical (unpaired) electrons. The van der Waals surface area contributed by atoms with Gasteiger partial charge in [-0.05, 0) is 51.0 Å². The lowest BCUT2D eigenvalue weighted by molar-refractivity contribution is -0.142. The van der Waals surface area contributed by atoms with Crippen molar-refractivity contribution in [1.29, 1.82) is 0 Å². The van der Waals surface area contributed by atoms with Crippen LogP contribution in [0.1, 0.15) is 37.0 Å². The molecule has 0 saturated carbocycles. The van der Waals surface area contributed by atoms with Crippen LogP contribution in [0.5, 0.6) is 0 Å². The number of piperidine rings is 1. The highest BCUT2D eigenvalue weighted by atomic mass is 35.5. The second-order valence-corrected chi connectivity index (χ2v) is 7.29. The van der Waals surface area contributed by atoms with Gasteiger partial charge >= 0.3 is 0 Å². The number of hydrogen-bond donors (Lipinski definition) is 0. The third kappa shape index (κ3) is 5.45. The fourth-order valence-electron chi connectivity index (χ4n) is 3.41. The number of likely N-dealkylation sites (tertiary alicyclic amines) is 1. The molecule has 1 fully saturated rings. The fraction of sp³-hybridized carbons (Fsp3) is 0.550. The zero-order valence-electron chi connectivity index (χ0n) is 16.3. The zero-order chi connectivity index (χ0) is 20.0. The van der Waals surface area contributed by atoms with Crippen molar-refractivity contribution in [2.45, 2.75) is 26.7 Å². The predicted molar refractivity (Wildman–Crippen MR) is 106 cm³/mol. The molecule has 27 heavy (non-hydrogen) atoms. The van der Waals surface area contributed by atoms with Gasteiger partial charge in [-0.25, -0.2) is 0 Å². The summed E-state index contributed by atoms with van der Waals surface area (Å²) in [6.45, 7) is 6.18. The van der Waals surface area contributed by atoms with E-state index in [1.807, 2.05) is 13.8 Å². The largest absolute Gasteiger partial charge is 0.342 e. The minimum Gasteiger partial charge on any atom is -0.342 e. The highest BCUT2D eigenvalue weighted by Gasteiger charge is 2.31. The normalized spacial score (nSPS) is 16.7. The number of nitrogens with zero attached hydrogens (tertiary/aromatic N) is 3. The topological polar surface area (TPSA) is 60.9 Å². The van der Waals surface area contributed by atoms with Crippen molar-refractivity contribution in [3.05, 3.63) is 34.9 Å². The summed E-state index contributed by atoms with van der Waals surface area (Å²) in [6, 6.07) is 6.78. The van der Waals surface area contributed by atoms with Gasteiger partial charge in [0, 0.05) is 43.8 Å². The van der Waals surface area contributed by atoms with Crippen LogP contribution in [0.2, 0.25) is 5.02 Å². The van der Waals surface area contributed by atoms with Gasteiger partial charge in [-0.2, -0.15) is 0 Å². The van der Waals surface area contributed by atoms with E-state index in [1.54, 1.807) is 41.1 Å². The molecule has 7 heteroatoms. The second kappa shape index (κ2) is 9.74. The quantitative estimate of drug-likeness (QED) is 0.746. The van der Waals surface area contributed by atoms with Crippen LogP contribution >= 0.6 is 11.6 Å². The van der Waals surface area contributed by atoms with Crippen molar-refractivity contribution in [3.63, 3.8) is 0 Å². The van der Waals surface area contributed by atoms with E-state index in [4.69, 9.17) is 11.6 Å². The van der Waals surface area contributed by atoms with Gasteiger partial charge in [0.25, 0.3) is 5.91 Å². The first kappa shape index (κ1) is 21.2. The number of amides is 3. The van der Waals surface area contributed by atoms with Gasteiger partial charge in [0.15, 0.2) is 0 Å². The minimum atomic E-state index is -0.274. The maximum Gasteiger partial charge on any atom is 0.253 e. The second-order valence-electron chi connectivity index (χ2n) is 6.86. The molecule has 1 heterocycles. The van der Waals surface area contributed by atoms with Crippen molar-refractivity contribution in [3.8, 4) is 0 Å². The van der Waals surface area contributed by atoms with Gasteiger partial charge < -0.3 is 14.7 Å². The van der Waals surface area contributed by atoms with E-state index in [0.717, 1.165) is 12.8 Å². The molecule has 1 unspecified atom stereocenters. The Bertz CT molecular complexity index is 674. The summed E-state index contributed by atoms with van der Waals surface area (Å²) in [5.41, 5.74) is 0.567. The number of benzene rings is 1. The van der Waals surface area contributed by atoms with Crippen LogP contribution in [0.25, 0.3) is 0 Å². The Morgan fingerprint density at radius 1 is 1.15 bits per heavy atom. The van der Waals surface area contributed by atoms with Gasteiger partial charge in [-0.3, -0.25) is 14.4 Å². The smallest absolute Gasteiger partial charge is 0.253 e.